The summed E-state index contributed by atoms with van der Waals surface area (Å²) in [4.78, 5) is 11.5. The minimum Gasteiger partial charge on any atom is -0.501 e. The van der Waals surface area contributed by atoms with Crippen molar-refractivity contribution in [1.82, 2.24) is 0 Å². The van der Waals surface area contributed by atoms with Crippen LogP contribution in [-0.2, 0) is 16.0 Å². The van der Waals surface area contributed by atoms with E-state index in [-0.39, 0.29) is 5.78 Å². The van der Waals surface area contributed by atoms with Crippen molar-refractivity contribution < 1.29 is 9.53 Å². The highest BCUT2D eigenvalue weighted by molar-refractivity contribution is 9.10. The number of rotatable bonds is 5. The van der Waals surface area contributed by atoms with Crippen LogP contribution in [0.2, 0.25) is 0 Å². The van der Waals surface area contributed by atoms with E-state index in [9.17, 15) is 4.79 Å². The Hall–Kier alpha value is -1.09. The van der Waals surface area contributed by atoms with Gasteiger partial charge in [-0.2, -0.15) is 0 Å². The Kier molecular flexibility index (Phi) is 5.26. The second-order valence-electron chi connectivity index (χ2n) is 3.54. The predicted octanol–water partition coefficient (Wildman–Crippen LogP) is 3.42. The summed E-state index contributed by atoms with van der Waals surface area (Å²) in [6, 6.07) is 5.99. The van der Waals surface area contributed by atoms with Crippen molar-refractivity contribution in [2.24, 2.45) is 0 Å². The SMILES string of the molecule is CCO/C=C/C(=O)Cc1cc(C)cc(Br)c1. The van der Waals surface area contributed by atoms with Gasteiger partial charge >= 0.3 is 0 Å². The van der Waals surface area contributed by atoms with E-state index in [1.807, 2.05) is 32.0 Å². The first kappa shape index (κ1) is 13.0. The lowest BCUT2D eigenvalue weighted by Gasteiger charge is -2.01. The molecule has 0 aliphatic carbocycles. The van der Waals surface area contributed by atoms with Crippen LogP contribution in [0.25, 0.3) is 0 Å². The molecule has 0 atom stereocenters. The van der Waals surface area contributed by atoms with Crippen molar-refractivity contribution >= 4 is 21.7 Å². The molecule has 0 spiro atoms. The third-order valence-electron chi connectivity index (χ3n) is 2.00. The molecule has 0 saturated carbocycles. The van der Waals surface area contributed by atoms with E-state index >= 15 is 0 Å². The van der Waals surface area contributed by atoms with Crippen LogP contribution in [-0.4, -0.2) is 12.4 Å². The summed E-state index contributed by atoms with van der Waals surface area (Å²) in [5.41, 5.74) is 2.16. The van der Waals surface area contributed by atoms with E-state index in [2.05, 4.69) is 15.9 Å². The fourth-order valence-corrected chi connectivity index (χ4v) is 2.05. The van der Waals surface area contributed by atoms with Gasteiger partial charge in [0.25, 0.3) is 0 Å². The lowest BCUT2D eigenvalue weighted by Crippen LogP contribution is -1.99. The van der Waals surface area contributed by atoms with Gasteiger partial charge in [-0.25, -0.2) is 0 Å². The average Bonchev–Trinajstić information content (AvgIpc) is 2.16. The van der Waals surface area contributed by atoms with Crippen molar-refractivity contribution in [3.8, 4) is 0 Å². The molecular weight excluding hydrogens is 268 g/mol. The molecule has 0 aliphatic rings. The minimum absolute atomic E-state index is 0.0472. The summed E-state index contributed by atoms with van der Waals surface area (Å²) in [5.74, 6) is 0.0472. The summed E-state index contributed by atoms with van der Waals surface area (Å²) in [7, 11) is 0. The van der Waals surface area contributed by atoms with E-state index in [1.54, 1.807) is 0 Å². The third kappa shape index (κ3) is 4.62. The molecule has 0 radical (unpaired) electrons. The summed E-state index contributed by atoms with van der Waals surface area (Å²) >= 11 is 3.41. The summed E-state index contributed by atoms with van der Waals surface area (Å²) in [6.07, 6.45) is 3.33. The first-order valence-corrected chi connectivity index (χ1v) is 5.98. The molecule has 0 saturated heterocycles. The number of hydrogen-bond acceptors (Lipinski definition) is 2. The van der Waals surface area contributed by atoms with Gasteiger partial charge in [0.1, 0.15) is 0 Å². The lowest BCUT2D eigenvalue weighted by atomic mass is 10.1. The molecule has 0 heterocycles. The highest BCUT2D eigenvalue weighted by Crippen LogP contribution is 2.15. The van der Waals surface area contributed by atoms with Crippen molar-refractivity contribution in [1.29, 1.82) is 0 Å². The Morgan fingerprint density at radius 2 is 2.19 bits per heavy atom. The van der Waals surface area contributed by atoms with Gasteiger partial charge in [-0.05, 0) is 37.1 Å². The number of allylic oxidation sites excluding steroid dienone is 1. The monoisotopic (exact) mass is 282 g/mol. The molecule has 0 fully saturated rings. The van der Waals surface area contributed by atoms with Crippen molar-refractivity contribution in [2.75, 3.05) is 6.61 Å². The van der Waals surface area contributed by atoms with Gasteiger partial charge in [-0.1, -0.05) is 22.0 Å². The van der Waals surface area contributed by atoms with Crippen LogP contribution < -0.4 is 0 Å². The van der Waals surface area contributed by atoms with Crippen LogP contribution in [0.4, 0.5) is 0 Å². The molecule has 1 aromatic rings. The number of hydrogen-bond donors (Lipinski definition) is 0. The number of carbonyl (C=O) groups excluding carboxylic acids is 1. The molecule has 1 rings (SSSR count). The molecule has 0 unspecified atom stereocenters. The molecule has 0 N–H and O–H groups in total. The fourth-order valence-electron chi connectivity index (χ4n) is 1.39. The third-order valence-corrected chi connectivity index (χ3v) is 2.45. The molecule has 0 aromatic heterocycles. The summed E-state index contributed by atoms with van der Waals surface area (Å²) in [6.45, 7) is 4.47. The number of benzene rings is 1. The largest absolute Gasteiger partial charge is 0.501 e. The fraction of sp³-hybridized carbons (Fsp3) is 0.308. The number of halogens is 1. The zero-order valence-electron chi connectivity index (χ0n) is 9.50. The van der Waals surface area contributed by atoms with Gasteiger partial charge in [0.05, 0.1) is 12.9 Å². The molecule has 1 aromatic carbocycles. The zero-order valence-corrected chi connectivity index (χ0v) is 11.1. The van der Waals surface area contributed by atoms with E-state index in [0.717, 1.165) is 15.6 Å². The summed E-state index contributed by atoms with van der Waals surface area (Å²) in [5, 5.41) is 0. The van der Waals surface area contributed by atoms with Gasteiger partial charge in [0.15, 0.2) is 5.78 Å². The molecule has 0 bridgehead atoms. The molecule has 0 aliphatic heterocycles. The van der Waals surface area contributed by atoms with Gasteiger partial charge < -0.3 is 4.74 Å². The smallest absolute Gasteiger partial charge is 0.163 e. The van der Waals surface area contributed by atoms with E-state index in [1.165, 1.54) is 12.3 Å². The Morgan fingerprint density at radius 1 is 1.44 bits per heavy atom. The van der Waals surface area contributed by atoms with Gasteiger partial charge in [-0.15, -0.1) is 0 Å². The van der Waals surface area contributed by atoms with Crippen molar-refractivity contribution in [3.05, 3.63) is 46.1 Å². The van der Waals surface area contributed by atoms with Crippen LogP contribution in [0.15, 0.2) is 35.0 Å². The molecule has 86 valence electrons. The second kappa shape index (κ2) is 6.48. The first-order chi connectivity index (χ1) is 7.61. The molecular formula is C13H15BrO2. The number of aryl methyl sites for hydroxylation is 1. The van der Waals surface area contributed by atoms with E-state index in [0.29, 0.717) is 13.0 Å². The Balaban J connectivity index is 2.62. The van der Waals surface area contributed by atoms with Crippen LogP contribution in [0.5, 0.6) is 0 Å². The number of ether oxygens (including phenoxy) is 1. The normalized spacial score (nSPS) is 10.7. The maximum Gasteiger partial charge on any atom is 0.163 e. The standard InChI is InChI=1S/C13H15BrO2/c1-3-16-5-4-13(15)9-11-6-10(2)7-12(14)8-11/h4-8H,3,9H2,1-2H3/b5-4+. The average molecular weight is 283 g/mol. The Bertz CT molecular complexity index is 377. The topological polar surface area (TPSA) is 26.3 Å². The predicted molar refractivity (Wildman–Crippen MR) is 68.4 cm³/mol. The second-order valence-corrected chi connectivity index (χ2v) is 4.45. The van der Waals surface area contributed by atoms with Crippen LogP contribution >= 0.6 is 15.9 Å². The highest BCUT2D eigenvalue weighted by Gasteiger charge is 2.01. The number of carbonyl (C=O) groups is 1. The Morgan fingerprint density at radius 3 is 2.81 bits per heavy atom. The maximum atomic E-state index is 11.5. The Labute approximate surface area is 104 Å². The van der Waals surface area contributed by atoms with Gasteiger partial charge in [0, 0.05) is 17.0 Å². The van der Waals surface area contributed by atoms with E-state index in [4.69, 9.17) is 4.74 Å². The van der Waals surface area contributed by atoms with Crippen molar-refractivity contribution in [3.63, 3.8) is 0 Å². The van der Waals surface area contributed by atoms with E-state index < -0.39 is 0 Å². The van der Waals surface area contributed by atoms with Crippen LogP contribution in [0, 0.1) is 6.92 Å². The summed E-state index contributed by atoms with van der Waals surface area (Å²) < 4.78 is 5.98. The van der Waals surface area contributed by atoms with Gasteiger partial charge in [0.2, 0.25) is 0 Å². The highest BCUT2D eigenvalue weighted by atomic mass is 79.9. The van der Waals surface area contributed by atoms with Gasteiger partial charge in [-0.3, -0.25) is 4.79 Å². The molecule has 16 heavy (non-hydrogen) atoms. The van der Waals surface area contributed by atoms with Crippen LogP contribution in [0.3, 0.4) is 0 Å². The lowest BCUT2D eigenvalue weighted by molar-refractivity contribution is -0.114. The van der Waals surface area contributed by atoms with Crippen molar-refractivity contribution in [2.45, 2.75) is 20.3 Å². The molecule has 2 nitrogen and oxygen atoms in total. The number of ketones is 1. The molecule has 0 amide bonds. The van der Waals surface area contributed by atoms with Crippen LogP contribution in [0.1, 0.15) is 18.1 Å². The molecule has 3 heteroatoms. The minimum atomic E-state index is 0.0472. The maximum absolute atomic E-state index is 11.5. The quantitative estimate of drug-likeness (QED) is 0.611. The first-order valence-electron chi connectivity index (χ1n) is 5.19. The zero-order chi connectivity index (χ0) is 12.0.